The SMILES string of the molecule is Clc1cccc(Nc2ccnc(N3CCC(Cc4ccccc4)CC3)n2)c1. The predicted octanol–water partition coefficient (Wildman–Crippen LogP) is 5.33. The smallest absolute Gasteiger partial charge is 0.227 e. The van der Waals surface area contributed by atoms with Gasteiger partial charge in [-0.1, -0.05) is 48.0 Å². The van der Waals surface area contributed by atoms with Crippen LogP contribution in [0.4, 0.5) is 17.5 Å². The number of aromatic nitrogens is 2. The van der Waals surface area contributed by atoms with Crippen LogP contribution in [0.2, 0.25) is 5.02 Å². The molecule has 0 spiro atoms. The lowest BCUT2D eigenvalue weighted by molar-refractivity contribution is 0.400. The van der Waals surface area contributed by atoms with Crippen LogP contribution < -0.4 is 10.2 Å². The maximum absolute atomic E-state index is 6.05. The van der Waals surface area contributed by atoms with Crippen molar-refractivity contribution in [2.75, 3.05) is 23.3 Å². The van der Waals surface area contributed by atoms with Gasteiger partial charge in [-0.25, -0.2) is 4.98 Å². The average molecular weight is 379 g/mol. The molecule has 5 heteroatoms. The fourth-order valence-electron chi connectivity index (χ4n) is 3.57. The predicted molar refractivity (Wildman–Crippen MR) is 112 cm³/mol. The molecular formula is C22H23ClN4. The molecule has 3 aromatic rings. The highest BCUT2D eigenvalue weighted by Crippen LogP contribution is 2.25. The molecule has 0 saturated carbocycles. The van der Waals surface area contributed by atoms with Crippen molar-refractivity contribution in [2.24, 2.45) is 5.92 Å². The molecule has 138 valence electrons. The van der Waals surface area contributed by atoms with E-state index < -0.39 is 0 Å². The highest BCUT2D eigenvalue weighted by Gasteiger charge is 2.21. The van der Waals surface area contributed by atoms with Crippen LogP contribution in [-0.2, 0) is 6.42 Å². The van der Waals surface area contributed by atoms with E-state index in [0.717, 1.165) is 42.9 Å². The Labute approximate surface area is 165 Å². The van der Waals surface area contributed by atoms with E-state index in [2.05, 4.69) is 45.5 Å². The summed E-state index contributed by atoms with van der Waals surface area (Å²) in [5, 5.41) is 4.01. The third kappa shape index (κ3) is 4.77. The second kappa shape index (κ2) is 8.40. The van der Waals surface area contributed by atoms with Crippen molar-refractivity contribution in [3.63, 3.8) is 0 Å². The summed E-state index contributed by atoms with van der Waals surface area (Å²) in [4.78, 5) is 11.5. The summed E-state index contributed by atoms with van der Waals surface area (Å²) >= 11 is 6.05. The number of hydrogen-bond donors (Lipinski definition) is 1. The van der Waals surface area contributed by atoms with Gasteiger partial charge in [0.25, 0.3) is 0 Å². The van der Waals surface area contributed by atoms with Crippen LogP contribution in [0.15, 0.2) is 66.9 Å². The summed E-state index contributed by atoms with van der Waals surface area (Å²) in [5.74, 6) is 2.31. The Morgan fingerprint density at radius 3 is 2.59 bits per heavy atom. The summed E-state index contributed by atoms with van der Waals surface area (Å²) < 4.78 is 0. The van der Waals surface area contributed by atoms with Crippen molar-refractivity contribution in [2.45, 2.75) is 19.3 Å². The molecule has 1 N–H and O–H groups in total. The van der Waals surface area contributed by atoms with Gasteiger partial charge in [0.15, 0.2) is 0 Å². The standard InChI is InChI=1S/C22H23ClN4/c23-19-7-4-8-20(16-19)25-21-9-12-24-22(26-21)27-13-10-18(11-14-27)15-17-5-2-1-3-6-17/h1-9,12,16,18H,10-11,13-15H2,(H,24,25,26). The van der Waals surface area contributed by atoms with Crippen LogP contribution in [0, 0.1) is 5.92 Å². The van der Waals surface area contributed by atoms with Crippen LogP contribution in [0.1, 0.15) is 18.4 Å². The Hall–Kier alpha value is -2.59. The molecule has 0 unspecified atom stereocenters. The third-order valence-electron chi connectivity index (χ3n) is 5.00. The summed E-state index contributed by atoms with van der Waals surface area (Å²) in [6.07, 6.45) is 5.31. The van der Waals surface area contributed by atoms with Gasteiger partial charge in [0, 0.05) is 30.0 Å². The van der Waals surface area contributed by atoms with Crippen molar-refractivity contribution < 1.29 is 0 Å². The van der Waals surface area contributed by atoms with Gasteiger partial charge in [0.05, 0.1) is 0 Å². The Kier molecular flexibility index (Phi) is 5.54. The molecule has 1 fully saturated rings. The lowest BCUT2D eigenvalue weighted by Crippen LogP contribution is -2.35. The molecule has 1 aliphatic rings. The van der Waals surface area contributed by atoms with Crippen molar-refractivity contribution in [1.82, 2.24) is 9.97 Å². The first kappa shape index (κ1) is 17.8. The van der Waals surface area contributed by atoms with Crippen molar-refractivity contribution in [3.8, 4) is 0 Å². The maximum Gasteiger partial charge on any atom is 0.227 e. The molecule has 0 atom stereocenters. The van der Waals surface area contributed by atoms with Crippen molar-refractivity contribution in [3.05, 3.63) is 77.4 Å². The van der Waals surface area contributed by atoms with E-state index >= 15 is 0 Å². The monoisotopic (exact) mass is 378 g/mol. The van der Waals surface area contributed by atoms with Gasteiger partial charge < -0.3 is 10.2 Å². The molecule has 0 aliphatic carbocycles. The summed E-state index contributed by atoms with van der Waals surface area (Å²) in [5.41, 5.74) is 2.36. The minimum atomic E-state index is 0.703. The Bertz CT molecular complexity index is 876. The number of halogens is 1. The lowest BCUT2D eigenvalue weighted by atomic mass is 9.90. The van der Waals surface area contributed by atoms with Gasteiger partial charge in [-0.2, -0.15) is 4.98 Å². The molecule has 27 heavy (non-hydrogen) atoms. The van der Waals surface area contributed by atoms with Gasteiger partial charge in [0.2, 0.25) is 5.95 Å². The second-order valence-corrected chi connectivity index (χ2v) is 7.43. The van der Waals surface area contributed by atoms with Crippen LogP contribution in [0.3, 0.4) is 0 Å². The van der Waals surface area contributed by atoms with E-state index in [1.165, 1.54) is 18.4 Å². The zero-order chi connectivity index (χ0) is 18.5. The van der Waals surface area contributed by atoms with Gasteiger partial charge >= 0.3 is 0 Å². The van der Waals surface area contributed by atoms with E-state index in [1.807, 2.05) is 36.5 Å². The molecule has 1 saturated heterocycles. The number of anilines is 3. The van der Waals surface area contributed by atoms with Gasteiger partial charge in [-0.3, -0.25) is 0 Å². The average Bonchev–Trinajstić information content (AvgIpc) is 2.70. The van der Waals surface area contributed by atoms with Crippen molar-refractivity contribution in [1.29, 1.82) is 0 Å². The first-order valence-corrected chi connectivity index (χ1v) is 9.78. The highest BCUT2D eigenvalue weighted by atomic mass is 35.5. The first-order valence-electron chi connectivity index (χ1n) is 9.41. The molecule has 0 bridgehead atoms. The fraction of sp³-hybridized carbons (Fsp3) is 0.273. The first-order chi connectivity index (χ1) is 13.3. The number of nitrogens with zero attached hydrogens (tertiary/aromatic N) is 3. The molecule has 4 nitrogen and oxygen atoms in total. The number of rotatable bonds is 5. The Balaban J connectivity index is 1.37. The highest BCUT2D eigenvalue weighted by molar-refractivity contribution is 6.30. The van der Waals surface area contributed by atoms with Crippen LogP contribution in [0.5, 0.6) is 0 Å². The number of piperidine rings is 1. The molecule has 1 aliphatic heterocycles. The van der Waals surface area contributed by atoms with E-state index in [9.17, 15) is 0 Å². The molecule has 2 aromatic carbocycles. The molecule has 2 heterocycles. The molecule has 1 aromatic heterocycles. The molecule has 0 radical (unpaired) electrons. The summed E-state index contributed by atoms with van der Waals surface area (Å²) in [7, 11) is 0. The Morgan fingerprint density at radius 2 is 1.81 bits per heavy atom. The Morgan fingerprint density at radius 1 is 1.00 bits per heavy atom. The van der Waals surface area contributed by atoms with Crippen LogP contribution in [-0.4, -0.2) is 23.1 Å². The van der Waals surface area contributed by atoms with E-state index in [0.29, 0.717) is 5.02 Å². The van der Waals surface area contributed by atoms with E-state index in [-0.39, 0.29) is 0 Å². The molecular weight excluding hydrogens is 356 g/mol. The topological polar surface area (TPSA) is 41.1 Å². The van der Waals surface area contributed by atoms with E-state index in [4.69, 9.17) is 16.6 Å². The maximum atomic E-state index is 6.05. The van der Waals surface area contributed by atoms with Gasteiger partial charge in [-0.15, -0.1) is 0 Å². The zero-order valence-corrected chi connectivity index (χ0v) is 15.9. The third-order valence-corrected chi connectivity index (χ3v) is 5.24. The number of nitrogens with one attached hydrogen (secondary N) is 1. The molecule has 0 amide bonds. The zero-order valence-electron chi connectivity index (χ0n) is 15.2. The minimum Gasteiger partial charge on any atom is -0.341 e. The number of benzene rings is 2. The second-order valence-electron chi connectivity index (χ2n) is 7.00. The van der Waals surface area contributed by atoms with Gasteiger partial charge in [0.1, 0.15) is 5.82 Å². The normalized spacial score (nSPS) is 14.9. The molecule has 4 rings (SSSR count). The van der Waals surface area contributed by atoms with Gasteiger partial charge in [-0.05, 0) is 55.0 Å². The van der Waals surface area contributed by atoms with Crippen LogP contribution >= 0.6 is 11.6 Å². The minimum absolute atomic E-state index is 0.703. The summed E-state index contributed by atoms with van der Waals surface area (Å²) in [6.45, 7) is 2.00. The lowest BCUT2D eigenvalue weighted by Gasteiger charge is -2.32. The quantitative estimate of drug-likeness (QED) is 0.651. The van der Waals surface area contributed by atoms with Crippen LogP contribution in [0.25, 0.3) is 0 Å². The summed E-state index contributed by atoms with van der Waals surface area (Å²) in [6, 6.07) is 20.3. The van der Waals surface area contributed by atoms with E-state index in [1.54, 1.807) is 0 Å². The number of hydrogen-bond acceptors (Lipinski definition) is 4. The largest absolute Gasteiger partial charge is 0.341 e. The van der Waals surface area contributed by atoms with Crippen molar-refractivity contribution >= 4 is 29.1 Å². The fourth-order valence-corrected chi connectivity index (χ4v) is 3.76.